The molecule has 1 amide bonds. The predicted molar refractivity (Wildman–Crippen MR) is 89.5 cm³/mol. The van der Waals surface area contributed by atoms with E-state index in [1.807, 2.05) is 22.6 Å². The third kappa shape index (κ3) is 4.55. The normalized spacial score (nSPS) is 17.0. The summed E-state index contributed by atoms with van der Waals surface area (Å²) in [5.41, 5.74) is -0.197. The summed E-state index contributed by atoms with van der Waals surface area (Å²) in [6.07, 6.45) is 0. The second-order valence-electron chi connectivity index (χ2n) is 6.05. The Labute approximate surface area is 138 Å². The maximum Gasteiger partial charge on any atom is 0.254 e. The van der Waals surface area contributed by atoms with Gasteiger partial charge in [-0.25, -0.2) is 0 Å². The fourth-order valence-electron chi connectivity index (χ4n) is 2.48. The van der Waals surface area contributed by atoms with Crippen LogP contribution in [0.3, 0.4) is 0 Å². The first-order valence-corrected chi connectivity index (χ1v) is 8.07. The van der Waals surface area contributed by atoms with E-state index in [0.29, 0.717) is 25.2 Å². The van der Waals surface area contributed by atoms with Gasteiger partial charge in [0.05, 0.1) is 9.17 Å². The van der Waals surface area contributed by atoms with E-state index in [2.05, 4.69) is 4.90 Å². The maximum absolute atomic E-state index is 12.4. The van der Waals surface area contributed by atoms with E-state index in [0.717, 1.165) is 16.7 Å². The Morgan fingerprint density at radius 2 is 1.90 bits per heavy atom. The van der Waals surface area contributed by atoms with Gasteiger partial charge in [-0.1, -0.05) is 0 Å². The number of hydrogen-bond acceptors (Lipinski definition) is 4. The molecular weight excluding hydrogens is 383 g/mol. The van der Waals surface area contributed by atoms with Gasteiger partial charge in [0.15, 0.2) is 0 Å². The summed E-state index contributed by atoms with van der Waals surface area (Å²) < 4.78 is 0.735. The van der Waals surface area contributed by atoms with Gasteiger partial charge >= 0.3 is 0 Å². The van der Waals surface area contributed by atoms with Gasteiger partial charge in [0.25, 0.3) is 5.91 Å². The highest BCUT2D eigenvalue weighted by molar-refractivity contribution is 14.1. The number of nitrogens with zero attached hydrogens (tertiary/aromatic N) is 2. The summed E-state index contributed by atoms with van der Waals surface area (Å²) in [6.45, 7) is 6.98. The van der Waals surface area contributed by atoms with Crippen LogP contribution in [0, 0.1) is 3.57 Å². The molecule has 21 heavy (non-hydrogen) atoms. The first kappa shape index (κ1) is 16.5. The van der Waals surface area contributed by atoms with Crippen LogP contribution in [0.25, 0.3) is 0 Å². The van der Waals surface area contributed by atoms with Gasteiger partial charge in [-0.3, -0.25) is 9.69 Å². The van der Waals surface area contributed by atoms with Gasteiger partial charge in [0.2, 0.25) is 0 Å². The molecule has 0 atom stereocenters. The van der Waals surface area contributed by atoms with Crippen molar-refractivity contribution >= 4 is 28.5 Å². The molecule has 116 valence electrons. The zero-order valence-corrected chi connectivity index (χ0v) is 14.5. The summed E-state index contributed by atoms with van der Waals surface area (Å²) in [6, 6.07) is 5.01. The van der Waals surface area contributed by atoms with Gasteiger partial charge < -0.3 is 15.1 Å². The number of phenols is 1. The van der Waals surface area contributed by atoms with Crippen molar-refractivity contribution in [1.82, 2.24) is 9.80 Å². The molecule has 1 aromatic carbocycles. The van der Waals surface area contributed by atoms with Crippen molar-refractivity contribution in [3.63, 3.8) is 0 Å². The van der Waals surface area contributed by atoms with Crippen molar-refractivity contribution in [3.8, 4) is 5.75 Å². The van der Waals surface area contributed by atoms with E-state index >= 15 is 0 Å². The van der Waals surface area contributed by atoms with Crippen molar-refractivity contribution in [2.24, 2.45) is 0 Å². The number of carbonyl (C=O) groups excluding carboxylic acids is 1. The monoisotopic (exact) mass is 404 g/mol. The van der Waals surface area contributed by atoms with Crippen molar-refractivity contribution < 1.29 is 15.0 Å². The fourth-order valence-corrected chi connectivity index (χ4v) is 2.82. The lowest BCUT2D eigenvalue weighted by Gasteiger charge is -2.37. The smallest absolute Gasteiger partial charge is 0.254 e. The number of halogens is 1. The molecule has 0 radical (unpaired) electrons. The molecule has 2 rings (SSSR count). The highest BCUT2D eigenvalue weighted by Gasteiger charge is 2.25. The second kappa shape index (κ2) is 6.50. The van der Waals surface area contributed by atoms with Crippen LogP contribution < -0.4 is 0 Å². The summed E-state index contributed by atoms with van der Waals surface area (Å²) in [5.74, 6) is 0.0896. The number of piperazine rings is 1. The summed E-state index contributed by atoms with van der Waals surface area (Å²) in [4.78, 5) is 16.4. The van der Waals surface area contributed by atoms with Gasteiger partial charge in [-0.05, 0) is 54.6 Å². The Bertz CT molecular complexity index is 520. The summed E-state index contributed by atoms with van der Waals surface area (Å²) >= 11 is 2.03. The molecule has 1 aliphatic rings. The first-order valence-electron chi connectivity index (χ1n) is 6.99. The number of aliphatic hydroxyl groups is 1. The van der Waals surface area contributed by atoms with E-state index in [9.17, 15) is 15.0 Å². The lowest BCUT2D eigenvalue weighted by Crippen LogP contribution is -2.51. The molecule has 0 saturated carbocycles. The second-order valence-corrected chi connectivity index (χ2v) is 7.21. The van der Waals surface area contributed by atoms with Crippen LogP contribution in [0.5, 0.6) is 5.75 Å². The lowest BCUT2D eigenvalue weighted by atomic mass is 10.1. The van der Waals surface area contributed by atoms with Crippen molar-refractivity contribution in [3.05, 3.63) is 27.3 Å². The number of aromatic hydroxyl groups is 1. The number of phenolic OH excluding ortho intramolecular Hbond substituents is 1. The Morgan fingerprint density at radius 1 is 1.29 bits per heavy atom. The Kier molecular flexibility index (Phi) is 5.11. The molecular formula is C15H21IN2O3. The minimum absolute atomic E-state index is 0.0513. The minimum atomic E-state index is -0.714. The number of benzene rings is 1. The lowest BCUT2D eigenvalue weighted by molar-refractivity contribution is 0.0178. The van der Waals surface area contributed by atoms with Gasteiger partial charge in [0.1, 0.15) is 5.75 Å². The zero-order valence-electron chi connectivity index (χ0n) is 12.3. The third-order valence-corrected chi connectivity index (χ3v) is 4.38. The SMILES string of the molecule is CC(C)(O)CN1CCN(C(=O)c2ccc(I)c(O)c2)CC1. The van der Waals surface area contributed by atoms with Crippen molar-refractivity contribution in [1.29, 1.82) is 0 Å². The Hall–Kier alpha value is -0.860. The number of amides is 1. The molecule has 1 fully saturated rings. The highest BCUT2D eigenvalue weighted by Crippen LogP contribution is 2.21. The highest BCUT2D eigenvalue weighted by atomic mass is 127. The quantitative estimate of drug-likeness (QED) is 0.751. The molecule has 0 spiro atoms. The van der Waals surface area contributed by atoms with E-state index < -0.39 is 5.60 Å². The molecule has 6 heteroatoms. The average Bonchev–Trinajstić information content (AvgIpc) is 2.40. The molecule has 5 nitrogen and oxygen atoms in total. The largest absolute Gasteiger partial charge is 0.507 e. The summed E-state index contributed by atoms with van der Waals surface area (Å²) in [7, 11) is 0. The number of β-amino-alcohol motifs (C(OH)–C–C–N with tert-alkyl or cyclic N) is 1. The minimum Gasteiger partial charge on any atom is -0.507 e. The Morgan fingerprint density at radius 3 is 2.43 bits per heavy atom. The van der Waals surface area contributed by atoms with E-state index in [1.165, 1.54) is 6.07 Å². The topological polar surface area (TPSA) is 64.0 Å². The number of carbonyl (C=O) groups is 1. The van der Waals surface area contributed by atoms with Crippen molar-refractivity contribution in [2.45, 2.75) is 19.4 Å². The van der Waals surface area contributed by atoms with E-state index in [1.54, 1.807) is 30.9 Å². The molecule has 0 unspecified atom stereocenters. The van der Waals surface area contributed by atoms with Gasteiger partial charge in [0, 0.05) is 38.3 Å². The third-order valence-electron chi connectivity index (χ3n) is 3.46. The molecule has 2 N–H and O–H groups in total. The van der Waals surface area contributed by atoms with Crippen LogP contribution in [-0.4, -0.2) is 64.2 Å². The average molecular weight is 404 g/mol. The number of rotatable bonds is 3. The standard InChI is InChI=1S/C15H21IN2O3/c1-15(2,21)10-17-5-7-18(8-6-17)14(20)11-3-4-12(16)13(19)9-11/h3-4,9,19,21H,5-8,10H2,1-2H3. The molecule has 0 aliphatic carbocycles. The fraction of sp³-hybridized carbons (Fsp3) is 0.533. The molecule has 1 saturated heterocycles. The van der Waals surface area contributed by atoms with Crippen LogP contribution >= 0.6 is 22.6 Å². The molecule has 1 aliphatic heterocycles. The molecule has 0 bridgehead atoms. The Balaban J connectivity index is 1.95. The molecule has 1 heterocycles. The van der Waals surface area contributed by atoms with Crippen LogP contribution in [0.15, 0.2) is 18.2 Å². The van der Waals surface area contributed by atoms with Crippen LogP contribution in [-0.2, 0) is 0 Å². The van der Waals surface area contributed by atoms with E-state index in [4.69, 9.17) is 0 Å². The molecule has 0 aromatic heterocycles. The summed E-state index contributed by atoms with van der Waals surface area (Å²) in [5, 5.41) is 19.5. The maximum atomic E-state index is 12.4. The van der Waals surface area contributed by atoms with Crippen molar-refractivity contribution in [2.75, 3.05) is 32.7 Å². The van der Waals surface area contributed by atoms with E-state index in [-0.39, 0.29) is 11.7 Å². The first-order chi connectivity index (χ1) is 9.76. The predicted octanol–water partition coefficient (Wildman–Crippen LogP) is 1.53. The number of hydrogen-bond donors (Lipinski definition) is 2. The van der Waals surface area contributed by atoms with Crippen LogP contribution in [0.1, 0.15) is 24.2 Å². The van der Waals surface area contributed by atoms with Gasteiger partial charge in [-0.15, -0.1) is 0 Å². The van der Waals surface area contributed by atoms with Crippen LogP contribution in [0.2, 0.25) is 0 Å². The van der Waals surface area contributed by atoms with Crippen LogP contribution in [0.4, 0.5) is 0 Å². The van der Waals surface area contributed by atoms with Gasteiger partial charge in [-0.2, -0.15) is 0 Å². The zero-order chi connectivity index (χ0) is 15.6. The molecule has 1 aromatic rings.